The number of hydrogen-bond donors (Lipinski definition) is 0. The fourth-order valence-electron chi connectivity index (χ4n) is 3.68. The molecule has 0 spiro atoms. The highest BCUT2D eigenvalue weighted by atomic mass is 32.1. The molecule has 3 rings (SSSR count). The molecule has 0 aliphatic heterocycles. The van der Waals surface area contributed by atoms with Crippen LogP contribution >= 0.6 is 11.3 Å². The summed E-state index contributed by atoms with van der Waals surface area (Å²) >= 11 is 1.79. The second kappa shape index (κ2) is 9.23. The highest BCUT2D eigenvalue weighted by molar-refractivity contribution is 7.13. The number of thiophene rings is 1. The first kappa shape index (κ1) is 19.7. The van der Waals surface area contributed by atoms with Gasteiger partial charge in [0, 0.05) is 23.2 Å². The molecule has 1 nitrogen and oxygen atoms in total. The monoisotopic (exact) mass is 377 g/mol. The summed E-state index contributed by atoms with van der Waals surface area (Å²) in [6.45, 7) is 10.0. The summed E-state index contributed by atoms with van der Waals surface area (Å²) in [4.78, 5) is 3.82. The van der Waals surface area contributed by atoms with Crippen LogP contribution in [-0.2, 0) is 6.54 Å². The first-order chi connectivity index (χ1) is 13.1. The average Bonchev–Trinajstić information content (AvgIpc) is 3.23. The lowest BCUT2D eigenvalue weighted by Crippen LogP contribution is -2.30. The zero-order valence-electron chi connectivity index (χ0n) is 17.0. The van der Waals surface area contributed by atoms with E-state index in [4.69, 9.17) is 0 Å². The van der Waals surface area contributed by atoms with Gasteiger partial charge >= 0.3 is 0 Å². The Morgan fingerprint density at radius 2 is 1.52 bits per heavy atom. The number of rotatable bonds is 8. The summed E-state index contributed by atoms with van der Waals surface area (Å²) < 4.78 is 0. The quantitative estimate of drug-likeness (QED) is 0.388. The Balaban J connectivity index is 1.76. The molecular formula is C25H31NS. The van der Waals surface area contributed by atoms with Gasteiger partial charge in [0.1, 0.15) is 0 Å². The topological polar surface area (TPSA) is 3.24 Å². The number of anilines is 1. The van der Waals surface area contributed by atoms with Crippen molar-refractivity contribution in [1.29, 1.82) is 0 Å². The highest BCUT2D eigenvalue weighted by Crippen LogP contribution is 2.28. The van der Waals surface area contributed by atoms with Crippen molar-refractivity contribution in [2.24, 2.45) is 0 Å². The van der Waals surface area contributed by atoms with E-state index in [1.54, 1.807) is 11.3 Å². The van der Waals surface area contributed by atoms with Crippen LogP contribution in [-0.4, -0.2) is 6.04 Å². The van der Waals surface area contributed by atoms with Crippen LogP contribution in [0, 0.1) is 0 Å². The molecule has 0 N–H and O–H groups in total. The van der Waals surface area contributed by atoms with Crippen molar-refractivity contribution in [3.8, 4) is 10.4 Å². The molecule has 0 unspecified atom stereocenters. The number of hydrogen-bond acceptors (Lipinski definition) is 2. The van der Waals surface area contributed by atoms with E-state index >= 15 is 0 Å². The zero-order valence-corrected chi connectivity index (χ0v) is 17.8. The van der Waals surface area contributed by atoms with Crippen molar-refractivity contribution in [3.05, 3.63) is 77.2 Å². The average molecular weight is 378 g/mol. The summed E-state index contributed by atoms with van der Waals surface area (Å²) in [6, 6.07) is 23.0. The summed E-state index contributed by atoms with van der Waals surface area (Å²) in [5.41, 5.74) is 5.43. The van der Waals surface area contributed by atoms with E-state index in [0.717, 1.165) is 6.54 Å². The van der Waals surface area contributed by atoms with Gasteiger partial charge in [0.15, 0.2) is 0 Å². The lowest BCUT2D eigenvalue weighted by Gasteiger charge is -2.30. The van der Waals surface area contributed by atoms with Crippen molar-refractivity contribution in [2.75, 3.05) is 4.90 Å². The Bertz CT molecular complexity index is 797. The molecule has 27 heavy (non-hydrogen) atoms. The minimum Gasteiger partial charge on any atom is -0.365 e. The highest BCUT2D eigenvalue weighted by Gasteiger charge is 2.13. The van der Waals surface area contributed by atoms with Crippen LogP contribution in [0.15, 0.2) is 66.0 Å². The zero-order chi connectivity index (χ0) is 19.2. The lowest BCUT2D eigenvalue weighted by atomic mass is 9.94. The maximum Gasteiger partial charge on any atom is 0.0432 e. The molecule has 142 valence electrons. The first-order valence-electron chi connectivity index (χ1n) is 10.1. The third-order valence-corrected chi connectivity index (χ3v) is 6.34. The normalized spacial score (nSPS) is 11.3. The van der Waals surface area contributed by atoms with Gasteiger partial charge in [0.05, 0.1) is 0 Å². The third-order valence-electron chi connectivity index (χ3n) is 5.42. The van der Waals surface area contributed by atoms with Crippen LogP contribution in [0.2, 0.25) is 0 Å². The third kappa shape index (κ3) is 4.81. The predicted octanol–water partition coefficient (Wildman–Crippen LogP) is 7.73. The van der Waals surface area contributed by atoms with Crippen molar-refractivity contribution < 1.29 is 0 Å². The van der Waals surface area contributed by atoms with Crippen LogP contribution in [0.3, 0.4) is 0 Å². The molecular weight excluding hydrogens is 346 g/mol. The van der Waals surface area contributed by atoms with Crippen LogP contribution in [0.4, 0.5) is 5.69 Å². The van der Waals surface area contributed by atoms with Gasteiger partial charge in [-0.1, -0.05) is 56.3 Å². The van der Waals surface area contributed by atoms with Gasteiger partial charge in [-0.05, 0) is 72.9 Å². The van der Waals surface area contributed by atoms with Crippen LogP contribution in [0.5, 0.6) is 0 Å². The van der Waals surface area contributed by atoms with Gasteiger partial charge in [-0.3, -0.25) is 0 Å². The summed E-state index contributed by atoms with van der Waals surface area (Å²) in [5, 5.41) is 2.13. The number of nitrogens with zero attached hydrogens (tertiary/aromatic N) is 1. The van der Waals surface area contributed by atoms with E-state index < -0.39 is 0 Å². The van der Waals surface area contributed by atoms with Gasteiger partial charge in [-0.2, -0.15) is 0 Å². The molecule has 2 aromatic carbocycles. The molecule has 0 aliphatic carbocycles. The largest absolute Gasteiger partial charge is 0.365 e. The van der Waals surface area contributed by atoms with Gasteiger partial charge in [-0.25, -0.2) is 0 Å². The molecule has 0 saturated carbocycles. The Morgan fingerprint density at radius 3 is 2.04 bits per heavy atom. The summed E-state index contributed by atoms with van der Waals surface area (Å²) in [6.07, 6.45) is 2.42. The van der Waals surface area contributed by atoms with E-state index in [0.29, 0.717) is 12.0 Å². The second-order valence-corrected chi connectivity index (χ2v) is 8.45. The van der Waals surface area contributed by atoms with Crippen molar-refractivity contribution >= 4 is 17.0 Å². The Hall–Kier alpha value is -2.06. The number of benzene rings is 2. The fraction of sp³-hybridized carbons (Fsp3) is 0.360. The maximum atomic E-state index is 2.48. The van der Waals surface area contributed by atoms with Crippen molar-refractivity contribution in [3.63, 3.8) is 0 Å². The molecule has 1 aromatic heterocycles. The Morgan fingerprint density at radius 1 is 0.852 bits per heavy atom. The molecule has 1 heterocycles. The van der Waals surface area contributed by atoms with Crippen LogP contribution in [0.25, 0.3) is 10.4 Å². The Labute approximate surface area is 168 Å². The van der Waals surface area contributed by atoms with Crippen molar-refractivity contribution in [2.45, 2.75) is 59.0 Å². The van der Waals surface area contributed by atoms with E-state index in [1.807, 2.05) is 0 Å². The minimum absolute atomic E-state index is 0.459. The summed E-state index contributed by atoms with van der Waals surface area (Å²) in [7, 11) is 0. The molecule has 0 atom stereocenters. The molecule has 3 aromatic rings. The summed E-state index contributed by atoms with van der Waals surface area (Å²) in [5.74, 6) is 0.677. The van der Waals surface area contributed by atoms with Gasteiger partial charge in [-0.15, -0.1) is 11.3 Å². The fourth-order valence-corrected chi connectivity index (χ4v) is 4.42. The minimum atomic E-state index is 0.459. The van der Waals surface area contributed by atoms with Crippen LogP contribution < -0.4 is 4.90 Å². The van der Waals surface area contributed by atoms with E-state index in [-0.39, 0.29) is 0 Å². The lowest BCUT2D eigenvalue weighted by molar-refractivity contribution is 0.640. The van der Waals surface area contributed by atoms with Gasteiger partial charge < -0.3 is 4.90 Å². The van der Waals surface area contributed by atoms with E-state index in [1.165, 1.54) is 40.1 Å². The first-order valence-corrected chi connectivity index (χ1v) is 11.0. The molecule has 0 aliphatic rings. The standard InChI is InChI=1S/C25H31NS/c1-5-21(6-2)22-13-15-24(16-14-22)26(19(3)4)18-20-9-11-23(12-10-20)25-8-7-17-27-25/h7-17,19,21H,5-6,18H2,1-4H3. The molecule has 0 radical (unpaired) electrons. The molecule has 0 saturated heterocycles. The van der Waals surface area contributed by atoms with Gasteiger partial charge in [0.2, 0.25) is 0 Å². The van der Waals surface area contributed by atoms with Crippen molar-refractivity contribution in [1.82, 2.24) is 0 Å². The second-order valence-electron chi connectivity index (χ2n) is 7.50. The van der Waals surface area contributed by atoms with E-state index in [9.17, 15) is 0 Å². The Kier molecular flexibility index (Phi) is 6.73. The van der Waals surface area contributed by atoms with Crippen LogP contribution in [0.1, 0.15) is 57.6 Å². The molecule has 0 bridgehead atoms. The molecule has 0 amide bonds. The van der Waals surface area contributed by atoms with Gasteiger partial charge in [0.25, 0.3) is 0 Å². The SMILES string of the molecule is CCC(CC)c1ccc(N(Cc2ccc(-c3cccs3)cc2)C(C)C)cc1. The molecule has 2 heteroatoms. The smallest absolute Gasteiger partial charge is 0.0432 e. The maximum absolute atomic E-state index is 2.48. The van der Waals surface area contributed by atoms with E-state index in [2.05, 4.69) is 98.6 Å². The predicted molar refractivity (Wildman–Crippen MR) is 121 cm³/mol. The molecule has 0 fully saturated rings.